The van der Waals surface area contributed by atoms with E-state index < -0.39 is 0 Å². The summed E-state index contributed by atoms with van der Waals surface area (Å²) >= 11 is 0. The molecule has 0 saturated heterocycles. The van der Waals surface area contributed by atoms with Crippen LogP contribution >= 0.6 is 0 Å². The number of rotatable bonds is 5. The van der Waals surface area contributed by atoms with E-state index >= 15 is 0 Å². The fourth-order valence-electron chi connectivity index (χ4n) is 1.74. The molecule has 0 spiro atoms. The average molecular weight is 207 g/mol. The van der Waals surface area contributed by atoms with Crippen LogP contribution in [0.1, 0.15) is 55.2 Å². The molecule has 1 aromatic heterocycles. The maximum Gasteiger partial charge on any atom is 0.172 e. The minimum Gasteiger partial charge on any atom is -0.296 e. The van der Waals surface area contributed by atoms with Gasteiger partial charge in [-0.2, -0.15) is 0 Å². The molecule has 0 radical (unpaired) electrons. The molecule has 0 N–H and O–H groups in total. The van der Waals surface area contributed by atoms with Crippen molar-refractivity contribution >= 4 is 6.29 Å². The van der Waals surface area contributed by atoms with Crippen LogP contribution in [0.5, 0.6) is 0 Å². The van der Waals surface area contributed by atoms with Gasteiger partial charge in [0.2, 0.25) is 0 Å². The first-order valence-electron chi connectivity index (χ1n) is 5.61. The van der Waals surface area contributed by atoms with Crippen molar-refractivity contribution in [2.75, 3.05) is 0 Å². The third-order valence-electron chi connectivity index (χ3n) is 2.79. The van der Waals surface area contributed by atoms with Gasteiger partial charge in [0.1, 0.15) is 5.69 Å². The van der Waals surface area contributed by atoms with Gasteiger partial charge in [-0.15, -0.1) is 5.10 Å². The third-order valence-corrected chi connectivity index (χ3v) is 2.79. The first-order chi connectivity index (χ1) is 7.22. The number of hydrogen-bond acceptors (Lipinski definition) is 3. The molecule has 0 bridgehead atoms. The molecule has 1 fully saturated rings. The van der Waals surface area contributed by atoms with Gasteiger partial charge in [0.05, 0.1) is 5.69 Å². The van der Waals surface area contributed by atoms with Gasteiger partial charge in [-0.3, -0.25) is 4.79 Å². The largest absolute Gasteiger partial charge is 0.296 e. The first-order valence-corrected chi connectivity index (χ1v) is 5.61. The molecule has 2 rings (SSSR count). The second-order valence-corrected chi connectivity index (χ2v) is 4.66. The maximum atomic E-state index is 10.8. The molecule has 1 aliphatic carbocycles. The van der Waals surface area contributed by atoms with Crippen LogP contribution in [0, 0.1) is 5.92 Å². The van der Waals surface area contributed by atoms with Gasteiger partial charge in [-0.1, -0.05) is 19.1 Å². The highest BCUT2D eigenvalue weighted by Crippen LogP contribution is 2.40. The summed E-state index contributed by atoms with van der Waals surface area (Å²) in [6, 6.07) is 0. The van der Waals surface area contributed by atoms with E-state index in [0.717, 1.165) is 24.9 Å². The van der Waals surface area contributed by atoms with Crippen molar-refractivity contribution < 1.29 is 4.79 Å². The van der Waals surface area contributed by atoms with Crippen LogP contribution in [-0.2, 0) is 6.54 Å². The molecule has 0 amide bonds. The summed E-state index contributed by atoms with van der Waals surface area (Å²) in [5, 5.41) is 7.97. The zero-order valence-corrected chi connectivity index (χ0v) is 9.31. The third kappa shape index (κ3) is 2.25. The lowest BCUT2D eigenvalue weighted by Gasteiger charge is -2.07. The Balaban J connectivity index is 2.15. The van der Waals surface area contributed by atoms with E-state index in [0.29, 0.717) is 17.5 Å². The Hall–Kier alpha value is -1.19. The summed E-state index contributed by atoms with van der Waals surface area (Å²) in [5.74, 6) is 1.19. The molecule has 1 aromatic rings. The lowest BCUT2D eigenvalue weighted by Crippen LogP contribution is -2.07. The van der Waals surface area contributed by atoms with Gasteiger partial charge in [-0.25, -0.2) is 4.68 Å². The highest BCUT2D eigenvalue weighted by atomic mass is 16.1. The molecular weight excluding hydrogens is 190 g/mol. The summed E-state index contributed by atoms with van der Waals surface area (Å²) in [6.45, 7) is 5.26. The Kier molecular flexibility index (Phi) is 2.84. The van der Waals surface area contributed by atoms with Crippen LogP contribution < -0.4 is 0 Å². The van der Waals surface area contributed by atoms with Crippen molar-refractivity contribution in [3.8, 4) is 0 Å². The molecule has 4 nitrogen and oxygen atoms in total. The number of nitrogens with zero attached hydrogens (tertiary/aromatic N) is 3. The number of aryl methyl sites for hydroxylation is 1. The van der Waals surface area contributed by atoms with Crippen LogP contribution in [-0.4, -0.2) is 21.3 Å². The Bertz CT molecular complexity index is 353. The second kappa shape index (κ2) is 4.13. The minimum absolute atomic E-state index is 0.535. The number of hydrogen-bond donors (Lipinski definition) is 0. The fourth-order valence-corrected chi connectivity index (χ4v) is 1.74. The zero-order chi connectivity index (χ0) is 10.8. The molecule has 0 aromatic carbocycles. The van der Waals surface area contributed by atoms with Crippen molar-refractivity contribution in [1.29, 1.82) is 0 Å². The summed E-state index contributed by atoms with van der Waals surface area (Å²) in [7, 11) is 0. The summed E-state index contributed by atoms with van der Waals surface area (Å²) in [4.78, 5) is 10.8. The van der Waals surface area contributed by atoms with E-state index in [-0.39, 0.29) is 0 Å². The summed E-state index contributed by atoms with van der Waals surface area (Å²) in [6.07, 6.45) is 4.26. The molecule has 1 saturated carbocycles. The smallest absolute Gasteiger partial charge is 0.172 e. The Morgan fingerprint density at radius 2 is 2.27 bits per heavy atom. The molecule has 15 heavy (non-hydrogen) atoms. The van der Waals surface area contributed by atoms with Gasteiger partial charge in [-0.05, 0) is 25.2 Å². The lowest BCUT2D eigenvalue weighted by molar-refractivity contribution is 0.111. The van der Waals surface area contributed by atoms with E-state index in [9.17, 15) is 4.79 Å². The second-order valence-electron chi connectivity index (χ2n) is 4.66. The molecule has 0 unspecified atom stereocenters. The van der Waals surface area contributed by atoms with E-state index in [1.807, 2.05) is 4.68 Å². The molecule has 0 aliphatic heterocycles. The number of aromatic nitrogens is 3. The lowest BCUT2D eigenvalue weighted by atomic mass is 10.1. The minimum atomic E-state index is 0.535. The normalized spacial score (nSPS) is 15.9. The monoisotopic (exact) mass is 207 g/mol. The summed E-state index contributed by atoms with van der Waals surface area (Å²) < 4.78 is 1.92. The predicted octanol–water partition coefficient (Wildman–Crippen LogP) is 2.01. The number of carbonyl (C=O) groups is 1. The van der Waals surface area contributed by atoms with Crippen molar-refractivity contribution in [3.05, 3.63) is 11.4 Å². The van der Waals surface area contributed by atoms with Crippen LogP contribution in [0.15, 0.2) is 0 Å². The first kappa shape index (κ1) is 10.3. The van der Waals surface area contributed by atoms with E-state index in [1.165, 1.54) is 12.8 Å². The molecule has 1 aliphatic rings. The highest BCUT2D eigenvalue weighted by molar-refractivity contribution is 5.73. The maximum absolute atomic E-state index is 10.8. The summed E-state index contributed by atoms with van der Waals surface area (Å²) in [5.41, 5.74) is 1.60. The van der Waals surface area contributed by atoms with Gasteiger partial charge < -0.3 is 0 Å². The topological polar surface area (TPSA) is 47.8 Å². The Labute approximate surface area is 89.7 Å². The molecule has 4 heteroatoms. The standard InChI is InChI=1S/C11H17N3O/c1-8(2)5-6-14-11(9-3-4-9)10(7-15)12-13-14/h7-9H,3-6H2,1-2H3. The van der Waals surface area contributed by atoms with Crippen LogP contribution in [0.2, 0.25) is 0 Å². The Morgan fingerprint density at radius 3 is 2.80 bits per heavy atom. The van der Waals surface area contributed by atoms with Crippen molar-refractivity contribution in [2.24, 2.45) is 5.92 Å². The number of carbonyl (C=O) groups excluding carboxylic acids is 1. The van der Waals surface area contributed by atoms with Crippen LogP contribution in [0.4, 0.5) is 0 Å². The van der Waals surface area contributed by atoms with Crippen molar-refractivity contribution in [2.45, 2.75) is 45.6 Å². The van der Waals surface area contributed by atoms with Gasteiger partial charge in [0.25, 0.3) is 0 Å². The predicted molar refractivity (Wildman–Crippen MR) is 56.8 cm³/mol. The molecule has 0 atom stereocenters. The van der Waals surface area contributed by atoms with Crippen molar-refractivity contribution in [3.63, 3.8) is 0 Å². The quantitative estimate of drug-likeness (QED) is 0.694. The molecule has 1 heterocycles. The highest BCUT2D eigenvalue weighted by Gasteiger charge is 2.30. The Morgan fingerprint density at radius 1 is 1.53 bits per heavy atom. The zero-order valence-electron chi connectivity index (χ0n) is 9.31. The van der Waals surface area contributed by atoms with Gasteiger partial charge in [0, 0.05) is 12.5 Å². The molecule has 82 valence electrons. The van der Waals surface area contributed by atoms with Crippen LogP contribution in [0.3, 0.4) is 0 Å². The SMILES string of the molecule is CC(C)CCn1nnc(C=O)c1C1CC1. The van der Waals surface area contributed by atoms with E-state index in [4.69, 9.17) is 0 Å². The van der Waals surface area contributed by atoms with E-state index in [1.54, 1.807) is 0 Å². The molecular formula is C11H17N3O. The average Bonchev–Trinajstić information content (AvgIpc) is 2.96. The number of aldehydes is 1. The van der Waals surface area contributed by atoms with Gasteiger partial charge >= 0.3 is 0 Å². The fraction of sp³-hybridized carbons (Fsp3) is 0.727. The van der Waals surface area contributed by atoms with Crippen LogP contribution in [0.25, 0.3) is 0 Å². The van der Waals surface area contributed by atoms with E-state index in [2.05, 4.69) is 24.2 Å². The van der Waals surface area contributed by atoms with Gasteiger partial charge in [0.15, 0.2) is 6.29 Å². The van der Waals surface area contributed by atoms with Crippen molar-refractivity contribution in [1.82, 2.24) is 15.0 Å².